The molecule has 0 spiro atoms. The van der Waals surface area contributed by atoms with Crippen LogP contribution in [0.2, 0.25) is 0 Å². The minimum absolute atomic E-state index is 0.0533. The number of nitrogens with zero attached hydrogens (tertiary/aromatic N) is 3. The summed E-state index contributed by atoms with van der Waals surface area (Å²) in [6, 6.07) is 4.07. The number of aromatic nitrogens is 3. The number of amides is 2. The van der Waals surface area contributed by atoms with Crippen molar-refractivity contribution in [3.8, 4) is 0 Å². The van der Waals surface area contributed by atoms with Crippen molar-refractivity contribution >= 4 is 34.9 Å². The Bertz CT molecular complexity index is 723. The molecule has 0 aliphatic carbocycles. The molecule has 2 amide bonds. The Morgan fingerprint density at radius 1 is 1.48 bits per heavy atom. The van der Waals surface area contributed by atoms with Crippen molar-refractivity contribution in [2.75, 3.05) is 13.1 Å². The molecule has 1 aliphatic rings. The third kappa shape index (κ3) is 4.60. The van der Waals surface area contributed by atoms with Gasteiger partial charge < -0.3 is 10.6 Å². The number of hydrogen-bond acceptors (Lipinski definition) is 6. The normalized spacial score (nSPS) is 16.8. The summed E-state index contributed by atoms with van der Waals surface area (Å²) in [6.45, 7) is 3.02. The summed E-state index contributed by atoms with van der Waals surface area (Å²) in [4.78, 5) is 31.3. The van der Waals surface area contributed by atoms with Crippen molar-refractivity contribution in [2.24, 2.45) is 11.7 Å². The van der Waals surface area contributed by atoms with Gasteiger partial charge in [0.1, 0.15) is 5.82 Å². The Morgan fingerprint density at radius 3 is 2.88 bits per heavy atom. The standard InChI is InChI=1S/C16H21N5O2S2/c1-10(15(23)21-6-4-11(5-7-21)14(17)22)25-16-18-13(19-20-16)9-12-3-2-8-24-12/h2-3,8,10-11H,4-7,9H2,1H3,(H2,17,22)(H,18,19,20). The van der Waals surface area contributed by atoms with E-state index in [-0.39, 0.29) is 23.0 Å². The van der Waals surface area contributed by atoms with E-state index in [0.29, 0.717) is 37.5 Å². The van der Waals surface area contributed by atoms with Gasteiger partial charge in [0, 0.05) is 30.3 Å². The smallest absolute Gasteiger partial charge is 0.235 e. The lowest BCUT2D eigenvalue weighted by Gasteiger charge is -2.32. The number of likely N-dealkylation sites (tertiary alicyclic amines) is 1. The highest BCUT2D eigenvalue weighted by molar-refractivity contribution is 8.00. The van der Waals surface area contributed by atoms with Crippen LogP contribution in [0.25, 0.3) is 0 Å². The van der Waals surface area contributed by atoms with Gasteiger partial charge in [0.15, 0.2) is 0 Å². The molecule has 0 bridgehead atoms. The average molecular weight is 380 g/mol. The van der Waals surface area contributed by atoms with E-state index in [0.717, 1.165) is 5.82 Å². The number of carbonyl (C=O) groups excluding carboxylic acids is 2. The number of piperidine rings is 1. The van der Waals surface area contributed by atoms with Crippen LogP contribution in [-0.4, -0.2) is 50.2 Å². The number of thiophene rings is 1. The van der Waals surface area contributed by atoms with Crippen LogP contribution >= 0.6 is 23.1 Å². The van der Waals surface area contributed by atoms with Crippen LogP contribution in [0, 0.1) is 5.92 Å². The fourth-order valence-corrected chi connectivity index (χ4v) is 4.37. The molecule has 25 heavy (non-hydrogen) atoms. The fourth-order valence-electron chi connectivity index (χ4n) is 2.84. The lowest BCUT2D eigenvalue weighted by Crippen LogP contribution is -2.44. The molecule has 1 aliphatic heterocycles. The maximum Gasteiger partial charge on any atom is 0.235 e. The van der Waals surface area contributed by atoms with E-state index < -0.39 is 0 Å². The fraction of sp³-hybridized carbons (Fsp3) is 0.500. The van der Waals surface area contributed by atoms with Crippen molar-refractivity contribution in [1.29, 1.82) is 0 Å². The molecule has 0 saturated carbocycles. The van der Waals surface area contributed by atoms with Crippen LogP contribution in [0.15, 0.2) is 22.7 Å². The zero-order chi connectivity index (χ0) is 17.8. The molecule has 1 saturated heterocycles. The van der Waals surface area contributed by atoms with Gasteiger partial charge in [-0.05, 0) is 31.2 Å². The molecule has 1 fully saturated rings. The lowest BCUT2D eigenvalue weighted by molar-refractivity contribution is -0.134. The van der Waals surface area contributed by atoms with Gasteiger partial charge in [-0.25, -0.2) is 4.98 Å². The van der Waals surface area contributed by atoms with Gasteiger partial charge in [-0.3, -0.25) is 14.7 Å². The van der Waals surface area contributed by atoms with E-state index >= 15 is 0 Å². The summed E-state index contributed by atoms with van der Waals surface area (Å²) in [7, 11) is 0. The Kier molecular flexibility index (Phi) is 5.74. The second kappa shape index (κ2) is 8.01. The zero-order valence-corrected chi connectivity index (χ0v) is 15.6. The lowest BCUT2D eigenvalue weighted by atomic mass is 9.96. The second-order valence-electron chi connectivity index (χ2n) is 6.08. The van der Waals surface area contributed by atoms with Gasteiger partial charge in [0.25, 0.3) is 0 Å². The number of primary amides is 1. The molecule has 1 unspecified atom stereocenters. The molecule has 0 aromatic carbocycles. The third-order valence-electron chi connectivity index (χ3n) is 4.27. The summed E-state index contributed by atoms with van der Waals surface area (Å²) in [5.74, 6) is 0.470. The van der Waals surface area contributed by atoms with E-state index in [1.165, 1.54) is 16.6 Å². The average Bonchev–Trinajstić information content (AvgIpc) is 3.27. The Morgan fingerprint density at radius 2 is 2.24 bits per heavy atom. The van der Waals surface area contributed by atoms with Crippen LogP contribution in [-0.2, 0) is 16.0 Å². The van der Waals surface area contributed by atoms with Crippen LogP contribution < -0.4 is 5.73 Å². The first-order valence-electron chi connectivity index (χ1n) is 8.21. The van der Waals surface area contributed by atoms with E-state index in [1.54, 1.807) is 16.2 Å². The van der Waals surface area contributed by atoms with Crippen LogP contribution in [0.4, 0.5) is 0 Å². The maximum atomic E-state index is 12.6. The number of thioether (sulfide) groups is 1. The van der Waals surface area contributed by atoms with Gasteiger partial charge in [-0.2, -0.15) is 0 Å². The number of rotatable bonds is 6. The van der Waals surface area contributed by atoms with Gasteiger partial charge >= 0.3 is 0 Å². The molecule has 134 valence electrons. The SMILES string of the molecule is CC(Sc1n[nH]c(Cc2cccs2)n1)C(=O)N1CCC(C(N)=O)CC1. The van der Waals surface area contributed by atoms with E-state index in [2.05, 4.69) is 21.2 Å². The van der Waals surface area contributed by atoms with Crippen LogP contribution in [0.5, 0.6) is 0 Å². The van der Waals surface area contributed by atoms with Crippen molar-refractivity contribution in [2.45, 2.75) is 36.6 Å². The number of aromatic amines is 1. The first-order valence-corrected chi connectivity index (χ1v) is 9.97. The molecular weight excluding hydrogens is 358 g/mol. The Labute approximate surface area is 154 Å². The van der Waals surface area contributed by atoms with Gasteiger partial charge in [-0.15, -0.1) is 16.4 Å². The summed E-state index contributed by atoms with van der Waals surface area (Å²) in [6.07, 6.45) is 2.00. The molecule has 1 atom stereocenters. The van der Waals surface area contributed by atoms with E-state index in [9.17, 15) is 9.59 Å². The first-order chi connectivity index (χ1) is 12.0. The maximum absolute atomic E-state index is 12.6. The second-order valence-corrected chi connectivity index (χ2v) is 8.42. The zero-order valence-electron chi connectivity index (χ0n) is 14.0. The minimum Gasteiger partial charge on any atom is -0.369 e. The summed E-state index contributed by atoms with van der Waals surface area (Å²) >= 11 is 3.03. The third-order valence-corrected chi connectivity index (χ3v) is 6.10. The number of H-pyrrole nitrogens is 1. The topological polar surface area (TPSA) is 105 Å². The summed E-state index contributed by atoms with van der Waals surface area (Å²) < 4.78 is 0. The number of hydrogen-bond donors (Lipinski definition) is 2. The summed E-state index contributed by atoms with van der Waals surface area (Å²) in [5.41, 5.74) is 5.34. The predicted octanol–water partition coefficient (Wildman–Crippen LogP) is 1.66. The molecular formula is C16H21N5O2S2. The number of nitrogens with one attached hydrogen (secondary N) is 1. The molecule has 2 aromatic rings. The highest BCUT2D eigenvalue weighted by Crippen LogP contribution is 2.24. The predicted molar refractivity (Wildman–Crippen MR) is 97.3 cm³/mol. The Hall–Kier alpha value is -1.87. The highest BCUT2D eigenvalue weighted by Gasteiger charge is 2.29. The van der Waals surface area contributed by atoms with Crippen molar-refractivity contribution in [3.63, 3.8) is 0 Å². The van der Waals surface area contributed by atoms with Gasteiger partial charge in [-0.1, -0.05) is 17.8 Å². The summed E-state index contributed by atoms with van der Waals surface area (Å²) in [5, 5.41) is 9.48. The monoisotopic (exact) mass is 379 g/mol. The molecule has 3 rings (SSSR count). The minimum atomic E-state index is -0.270. The number of nitrogens with two attached hydrogens (primary N) is 1. The highest BCUT2D eigenvalue weighted by atomic mass is 32.2. The molecule has 3 heterocycles. The van der Waals surface area contributed by atoms with Crippen LogP contribution in [0.3, 0.4) is 0 Å². The van der Waals surface area contributed by atoms with Crippen molar-refractivity contribution in [1.82, 2.24) is 20.1 Å². The molecule has 7 nitrogen and oxygen atoms in total. The van der Waals surface area contributed by atoms with Crippen molar-refractivity contribution < 1.29 is 9.59 Å². The molecule has 0 radical (unpaired) electrons. The molecule has 3 N–H and O–H groups in total. The quantitative estimate of drug-likeness (QED) is 0.743. The molecule has 2 aromatic heterocycles. The largest absolute Gasteiger partial charge is 0.369 e. The number of carbonyl (C=O) groups is 2. The van der Waals surface area contributed by atoms with E-state index in [4.69, 9.17) is 5.73 Å². The van der Waals surface area contributed by atoms with Crippen LogP contribution in [0.1, 0.15) is 30.5 Å². The van der Waals surface area contributed by atoms with Gasteiger partial charge in [0.2, 0.25) is 17.0 Å². The van der Waals surface area contributed by atoms with E-state index in [1.807, 2.05) is 18.4 Å². The first kappa shape index (κ1) is 17.9. The van der Waals surface area contributed by atoms with Gasteiger partial charge in [0.05, 0.1) is 5.25 Å². The van der Waals surface area contributed by atoms with Crippen molar-refractivity contribution in [3.05, 3.63) is 28.2 Å². The molecule has 9 heteroatoms. The Balaban J connectivity index is 1.52.